The van der Waals surface area contributed by atoms with Crippen LogP contribution >= 0.6 is 0 Å². The summed E-state index contributed by atoms with van der Waals surface area (Å²) in [6.07, 6.45) is 19.2. The summed E-state index contributed by atoms with van der Waals surface area (Å²) in [5.41, 5.74) is 12.9. The molecule has 7 rings (SSSR count). The largest absolute Gasteiger partial charge is 1.00 e. The van der Waals surface area contributed by atoms with Crippen LogP contribution in [0.4, 0.5) is 0 Å². The van der Waals surface area contributed by atoms with E-state index < -0.39 is 31.3 Å². The molecule has 40 heavy (non-hydrogen) atoms. The van der Waals surface area contributed by atoms with Gasteiger partial charge in [-0.25, -0.2) is 0 Å². The van der Waals surface area contributed by atoms with Gasteiger partial charge in [-0.2, -0.15) is 0 Å². The molecule has 0 N–H and O–H groups in total. The average Bonchev–Trinajstić information content (AvgIpc) is 3.15. The van der Waals surface area contributed by atoms with Crippen LogP contribution in [0.3, 0.4) is 0 Å². The van der Waals surface area contributed by atoms with Crippen molar-refractivity contribution in [2.75, 3.05) is 0 Å². The smallest absolute Gasteiger partial charge is 1.00 e. The predicted molar refractivity (Wildman–Crippen MR) is 159 cm³/mol. The monoisotopic (exact) mass is 654 g/mol. The third-order valence-corrected chi connectivity index (χ3v) is 18.5. The number of hydrogen-bond acceptors (Lipinski definition) is 0. The van der Waals surface area contributed by atoms with E-state index in [2.05, 4.69) is 136 Å². The summed E-state index contributed by atoms with van der Waals surface area (Å²) >= 11 is -0.893. The van der Waals surface area contributed by atoms with Crippen molar-refractivity contribution in [1.29, 1.82) is 0 Å². The molecule has 4 atom stereocenters. The average molecular weight is 657 g/mol. The Morgan fingerprint density at radius 2 is 0.975 bits per heavy atom. The Hall–Kier alpha value is -1.96. The fourth-order valence-electron chi connectivity index (χ4n) is 7.94. The van der Waals surface area contributed by atoms with E-state index in [1.54, 1.807) is 43.8 Å². The van der Waals surface area contributed by atoms with Gasteiger partial charge in [-0.3, -0.25) is 0 Å². The first kappa shape index (κ1) is 29.5. The molecule has 0 aromatic heterocycles. The van der Waals surface area contributed by atoms with E-state index >= 15 is 0 Å². The van der Waals surface area contributed by atoms with Crippen molar-refractivity contribution in [3.8, 4) is 0 Å². The molecule has 0 amide bonds. The molecule has 0 fully saturated rings. The molecule has 0 spiro atoms. The Morgan fingerprint density at radius 1 is 0.575 bits per heavy atom. The number of rotatable bonds is 2. The van der Waals surface area contributed by atoms with Gasteiger partial charge in [-0.15, -0.1) is 0 Å². The molecule has 1 heterocycles. The zero-order valence-electron chi connectivity index (χ0n) is 23.5. The molecule has 4 aliphatic carbocycles. The minimum Gasteiger partial charge on any atom is -1.00 e. The van der Waals surface area contributed by atoms with Gasteiger partial charge in [0.15, 0.2) is 0 Å². The maximum absolute atomic E-state index is 2.67. The topological polar surface area (TPSA) is 0 Å². The Morgan fingerprint density at radius 3 is 1.38 bits per heavy atom. The van der Waals surface area contributed by atoms with Gasteiger partial charge in [0.2, 0.25) is 0 Å². The molecular weight excluding hydrogens is 623 g/mol. The van der Waals surface area contributed by atoms with Gasteiger partial charge in [0, 0.05) is 0 Å². The molecule has 1 aliphatic heterocycles. The van der Waals surface area contributed by atoms with Crippen molar-refractivity contribution in [2.45, 2.75) is 46.0 Å². The van der Waals surface area contributed by atoms with Crippen molar-refractivity contribution in [3.63, 3.8) is 0 Å². The second-order valence-corrected chi connectivity index (χ2v) is 19.7. The van der Waals surface area contributed by atoms with E-state index in [0.717, 1.165) is 0 Å². The molecule has 5 aliphatic rings. The molecule has 4 bridgehead atoms. The third-order valence-electron chi connectivity index (χ3n) is 9.34. The Labute approximate surface area is 264 Å². The van der Waals surface area contributed by atoms with E-state index in [1.807, 2.05) is 0 Å². The van der Waals surface area contributed by atoms with Crippen LogP contribution in [0.25, 0.3) is 0 Å². The van der Waals surface area contributed by atoms with Gasteiger partial charge in [0.1, 0.15) is 0 Å². The van der Waals surface area contributed by atoms with Crippen molar-refractivity contribution in [1.82, 2.24) is 0 Å². The van der Waals surface area contributed by atoms with Crippen LogP contribution in [-0.4, -0.2) is 8.07 Å². The Bertz CT molecular complexity index is 1460. The molecule has 4 heteroatoms. The Balaban J connectivity index is 0.00000161. The fraction of sp³-hybridized carbons (Fsp3) is 0.222. The second kappa shape index (κ2) is 11.4. The summed E-state index contributed by atoms with van der Waals surface area (Å²) in [6.45, 7) is 10.4. The predicted octanol–water partition coefficient (Wildman–Crippen LogP) is 3.53. The molecule has 4 unspecified atom stereocenters. The molecule has 0 nitrogen and oxygen atoms in total. The first-order valence-corrected chi connectivity index (χ1v) is 19.8. The van der Waals surface area contributed by atoms with Gasteiger partial charge < -0.3 is 24.8 Å². The van der Waals surface area contributed by atoms with Crippen molar-refractivity contribution in [3.05, 3.63) is 164 Å². The standard InChI is InChI=1S/C36H34Si.2ClH.Zr/c1-25-23-29-19-11-13-21-31(27-15-7-5-8-16-27)33(29)35(25)37(3,4)36-26(2)24-30-20-12-14-22-32(34(30)36)28-17-9-6-10-18-28;;;/h5-24,31-32H,1-4H3;2*1H;/q;;;+2/p-2. The maximum Gasteiger partial charge on any atom is -1.00 e. The fourth-order valence-corrected chi connectivity index (χ4v) is 18.0. The zero-order chi connectivity index (χ0) is 26.0. The third kappa shape index (κ3) is 4.42. The second-order valence-electron chi connectivity index (χ2n) is 11.8. The van der Waals surface area contributed by atoms with Crippen LogP contribution in [0.2, 0.25) is 20.3 Å². The molecular formula is C36H34Cl2SiZr. The normalized spacial score (nSPS) is 27.0. The minimum absolute atomic E-state index is 0. The number of fused-ring (bicyclic) bond motifs is 6. The van der Waals surface area contributed by atoms with Crippen LogP contribution < -0.4 is 24.8 Å². The molecule has 2 aromatic carbocycles. The van der Waals surface area contributed by atoms with Gasteiger partial charge in [-0.05, 0) is 0 Å². The quantitative estimate of drug-likeness (QED) is 0.435. The summed E-state index contributed by atoms with van der Waals surface area (Å²) in [5, 5.41) is 3.52. The van der Waals surface area contributed by atoms with Crippen LogP contribution in [0, 0.1) is 0 Å². The summed E-state index contributed by atoms with van der Waals surface area (Å²) in [7, 11) is -2.05. The number of allylic oxidation sites excluding steroid dienone is 16. The Kier molecular flexibility index (Phi) is 8.40. The molecule has 0 radical (unpaired) electrons. The van der Waals surface area contributed by atoms with E-state index in [1.165, 1.54) is 11.1 Å². The van der Waals surface area contributed by atoms with Crippen molar-refractivity contribution < 1.29 is 48.0 Å². The first-order chi connectivity index (χ1) is 18.5. The van der Waals surface area contributed by atoms with E-state index in [0.29, 0.717) is 19.1 Å². The van der Waals surface area contributed by atoms with Gasteiger partial charge in [-0.1, -0.05) is 0 Å². The summed E-state index contributed by atoms with van der Waals surface area (Å²) in [6, 6.07) is 22.5. The SMILES string of the molecule is CC1=C2C3=C(C=CC=CC3c3ccccc3)[CH]1[Zr+2][CH]1C(C)=C(C3=C1C=CC=CC3c1ccccc1)[Si]2(C)C.[Cl-].[Cl-]. The zero-order valence-corrected chi connectivity index (χ0v) is 28.4. The molecule has 2 aromatic rings. The van der Waals surface area contributed by atoms with E-state index in [4.69, 9.17) is 0 Å². The summed E-state index contributed by atoms with van der Waals surface area (Å²) < 4.78 is 1.32. The minimum atomic E-state index is -2.05. The summed E-state index contributed by atoms with van der Waals surface area (Å²) in [5.74, 6) is 0.680. The van der Waals surface area contributed by atoms with Gasteiger partial charge in [0.25, 0.3) is 0 Å². The van der Waals surface area contributed by atoms with Gasteiger partial charge in [0.05, 0.1) is 0 Å². The molecule has 0 saturated heterocycles. The van der Waals surface area contributed by atoms with Crippen LogP contribution in [0.15, 0.2) is 153 Å². The number of hydrogen-bond donors (Lipinski definition) is 0. The van der Waals surface area contributed by atoms with E-state index in [-0.39, 0.29) is 24.8 Å². The number of halogens is 2. The van der Waals surface area contributed by atoms with Crippen LogP contribution in [-0.2, 0) is 23.2 Å². The molecule has 0 saturated carbocycles. The first-order valence-electron chi connectivity index (χ1n) is 14.0. The molecule has 200 valence electrons. The van der Waals surface area contributed by atoms with Crippen molar-refractivity contribution >= 4 is 8.07 Å². The number of benzene rings is 2. The van der Waals surface area contributed by atoms with Crippen LogP contribution in [0.5, 0.6) is 0 Å². The van der Waals surface area contributed by atoms with Gasteiger partial charge >= 0.3 is 242 Å². The van der Waals surface area contributed by atoms with E-state index in [9.17, 15) is 0 Å². The van der Waals surface area contributed by atoms with Crippen LogP contribution in [0.1, 0.15) is 36.8 Å². The maximum atomic E-state index is 2.67. The van der Waals surface area contributed by atoms with Crippen molar-refractivity contribution in [2.24, 2.45) is 0 Å². The summed E-state index contributed by atoms with van der Waals surface area (Å²) in [4.78, 5) is 0.